The molecule has 0 aliphatic rings. The van der Waals surface area contributed by atoms with Crippen LogP contribution in [-0.4, -0.2) is 29.5 Å². The molecule has 5 rings (SSSR count). The first-order chi connectivity index (χ1) is 18.1. The summed E-state index contributed by atoms with van der Waals surface area (Å²) in [7, 11) is 1.52. The molecule has 2 N–H and O–H groups in total. The highest BCUT2D eigenvalue weighted by atomic mass is 19.4. The third-order valence-electron chi connectivity index (χ3n) is 6.15. The second kappa shape index (κ2) is 9.73. The minimum absolute atomic E-state index is 0.171. The fraction of sp³-hybridized carbons (Fsp3) is 0.222. The Morgan fingerprint density at radius 2 is 1.74 bits per heavy atom. The molecule has 38 heavy (non-hydrogen) atoms. The van der Waals surface area contributed by atoms with Crippen LogP contribution in [0.2, 0.25) is 0 Å². The summed E-state index contributed by atoms with van der Waals surface area (Å²) >= 11 is 0. The molecule has 5 aromatic rings. The van der Waals surface area contributed by atoms with Crippen LogP contribution in [0.25, 0.3) is 33.8 Å². The van der Waals surface area contributed by atoms with E-state index in [9.17, 15) is 18.0 Å². The Labute approximate surface area is 215 Å². The normalized spacial score (nSPS) is 11.9. The van der Waals surface area contributed by atoms with Crippen molar-refractivity contribution in [2.24, 2.45) is 7.05 Å². The number of aryl methyl sites for hydroxylation is 1. The summed E-state index contributed by atoms with van der Waals surface area (Å²) in [6.07, 6.45) is -2.24. The van der Waals surface area contributed by atoms with Crippen LogP contribution in [0.1, 0.15) is 36.6 Å². The first kappa shape index (κ1) is 25.1. The second-order valence-electron chi connectivity index (χ2n) is 9.18. The minimum Gasteiger partial charge on any atom is -0.364 e. The Kier molecular flexibility index (Phi) is 6.43. The second-order valence-corrected chi connectivity index (χ2v) is 9.18. The van der Waals surface area contributed by atoms with Crippen molar-refractivity contribution in [3.05, 3.63) is 88.2 Å². The number of fused-ring (bicyclic) bond motifs is 1. The van der Waals surface area contributed by atoms with Gasteiger partial charge in [0.2, 0.25) is 0 Å². The fourth-order valence-corrected chi connectivity index (χ4v) is 4.24. The standard InChI is InChI=1S/C27H24F3N7O/c1-15(2)18-6-4-5-7-19(18)23-35-22-21(32-14-33-26(22)38)24(36-23)31-12-16-8-10-17(11-9-16)25-34-20(13-37(25)3)27(28,29)30/h4-11,13-15H,12H2,1-3H3,(H,31,35,36)(H,32,33,38). The number of aromatic nitrogens is 6. The first-order valence-electron chi connectivity index (χ1n) is 11.9. The lowest BCUT2D eigenvalue weighted by molar-refractivity contribution is -0.140. The first-order valence-corrected chi connectivity index (χ1v) is 11.9. The van der Waals surface area contributed by atoms with Gasteiger partial charge in [0.05, 0.1) is 6.33 Å². The fourth-order valence-electron chi connectivity index (χ4n) is 4.24. The van der Waals surface area contributed by atoms with E-state index >= 15 is 0 Å². The minimum atomic E-state index is -4.51. The SMILES string of the molecule is CC(C)c1ccccc1-c1nc(NCc2ccc(-c3nc(C(F)(F)F)cn3C)cc2)c2nc[nH]c(=O)c2n1. The van der Waals surface area contributed by atoms with Crippen molar-refractivity contribution < 1.29 is 13.2 Å². The van der Waals surface area contributed by atoms with Crippen LogP contribution in [0.15, 0.2) is 65.8 Å². The van der Waals surface area contributed by atoms with Crippen LogP contribution in [0.5, 0.6) is 0 Å². The number of hydrogen-bond acceptors (Lipinski definition) is 6. The maximum atomic E-state index is 13.0. The number of alkyl halides is 3. The molecule has 0 spiro atoms. The third-order valence-corrected chi connectivity index (χ3v) is 6.15. The van der Waals surface area contributed by atoms with Crippen LogP contribution in [0.3, 0.4) is 0 Å². The van der Waals surface area contributed by atoms with Crippen LogP contribution < -0.4 is 10.9 Å². The molecule has 0 saturated carbocycles. The van der Waals surface area contributed by atoms with Gasteiger partial charge in [-0.05, 0) is 17.0 Å². The summed E-state index contributed by atoms with van der Waals surface area (Å²) in [6.45, 7) is 4.48. The number of hydrogen-bond donors (Lipinski definition) is 2. The smallest absolute Gasteiger partial charge is 0.364 e. The van der Waals surface area contributed by atoms with Crippen LogP contribution in [0.4, 0.5) is 19.0 Å². The van der Waals surface area contributed by atoms with Crippen LogP contribution >= 0.6 is 0 Å². The van der Waals surface area contributed by atoms with Crippen molar-refractivity contribution >= 4 is 16.9 Å². The molecule has 0 amide bonds. The molecular weight excluding hydrogens is 495 g/mol. The monoisotopic (exact) mass is 519 g/mol. The zero-order valence-electron chi connectivity index (χ0n) is 20.8. The average Bonchev–Trinajstić information content (AvgIpc) is 3.30. The number of aromatic amines is 1. The molecule has 0 aliphatic carbocycles. The highest BCUT2D eigenvalue weighted by Crippen LogP contribution is 2.31. The number of nitrogens with zero attached hydrogens (tertiary/aromatic N) is 5. The average molecular weight is 520 g/mol. The number of benzene rings is 2. The van der Waals surface area contributed by atoms with Crippen LogP contribution in [-0.2, 0) is 19.8 Å². The molecule has 3 heterocycles. The van der Waals surface area contributed by atoms with Crippen molar-refractivity contribution in [2.45, 2.75) is 32.5 Å². The predicted octanol–water partition coefficient (Wildman–Crippen LogP) is 5.53. The number of halogens is 3. The molecule has 0 bridgehead atoms. The molecule has 0 saturated heterocycles. The zero-order chi connectivity index (χ0) is 27.0. The summed E-state index contributed by atoms with van der Waals surface area (Å²) in [5.41, 5.74) is 2.48. The Bertz CT molecular complexity index is 1670. The van der Waals surface area contributed by atoms with E-state index in [2.05, 4.69) is 39.1 Å². The highest BCUT2D eigenvalue weighted by molar-refractivity contribution is 5.86. The lowest BCUT2D eigenvalue weighted by Gasteiger charge is -2.14. The molecule has 0 fully saturated rings. The number of nitrogens with one attached hydrogen (secondary N) is 2. The number of anilines is 1. The van der Waals surface area contributed by atoms with Crippen LogP contribution in [0, 0.1) is 0 Å². The van der Waals surface area contributed by atoms with Crippen molar-refractivity contribution in [3.63, 3.8) is 0 Å². The highest BCUT2D eigenvalue weighted by Gasteiger charge is 2.34. The molecule has 3 aromatic heterocycles. The van der Waals surface area contributed by atoms with Gasteiger partial charge in [-0.2, -0.15) is 13.2 Å². The van der Waals surface area contributed by atoms with E-state index in [1.54, 1.807) is 24.3 Å². The Balaban J connectivity index is 1.46. The van der Waals surface area contributed by atoms with Gasteiger partial charge in [0.25, 0.3) is 5.56 Å². The van der Waals surface area contributed by atoms with E-state index in [0.29, 0.717) is 29.3 Å². The molecule has 2 aromatic carbocycles. The maximum Gasteiger partial charge on any atom is 0.434 e. The largest absolute Gasteiger partial charge is 0.434 e. The van der Waals surface area contributed by atoms with E-state index < -0.39 is 11.9 Å². The van der Waals surface area contributed by atoms with Crippen molar-refractivity contribution in [3.8, 4) is 22.8 Å². The Hall–Kier alpha value is -4.54. The summed E-state index contributed by atoms with van der Waals surface area (Å²) in [5, 5.41) is 3.25. The molecule has 0 atom stereocenters. The van der Waals surface area contributed by atoms with Gasteiger partial charge in [0.15, 0.2) is 22.9 Å². The van der Waals surface area contributed by atoms with Crippen molar-refractivity contribution in [2.75, 3.05) is 5.32 Å². The van der Waals surface area contributed by atoms with Gasteiger partial charge in [-0.3, -0.25) is 4.79 Å². The van der Waals surface area contributed by atoms with E-state index in [4.69, 9.17) is 4.98 Å². The van der Waals surface area contributed by atoms with Crippen molar-refractivity contribution in [1.82, 2.24) is 29.5 Å². The summed E-state index contributed by atoms with van der Waals surface area (Å²) < 4.78 is 40.5. The van der Waals surface area contributed by atoms with E-state index in [-0.39, 0.29) is 22.8 Å². The topological polar surface area (TPSA) is 101 Å². The lowest BCUT2D eigenvalue weighted by atomic mass is 9.97. The Morgan fingerprint density at radius 3 is 2.42 bits per heavy atom. The maximum absolute atomic E-state index is 13.0. The third kappa shape index (κ3) is 4.86. The number of rotatable bonds is 6. The summed E-state index contributed by atoms with van der Waals surface area (Å²) in [4.78, 5) is 32.4. The van der Waals surface area contributed by atoms with Gasteiger partial charge in [-0.1, -0.05) is 62.4 Å². The van der Waals surface area contributed by atoms with Gasteiger partial charge in [0, 0.05) is 30.9 Å². The summed E-state index contributed by atoms with van der Waals surface area (Å²) in [6, 6.07) is 14.8. The molecule has 11 heteroatoms. The van der Waals surface area contributed by atoms with Gasteiger partial charge < -0.3 is 14.9 Å². The number of H-pyrrole nitrogens is 1. The van der Waals surface area contributed by atoms with E-state index in [0.717, 1.165) is 22.9 Å². The van der Waals surface area contributed by atoms with Crippen molar-refractivity contribution in [1.29, 1.82) is 0 Å². The quantitative estimate of drug-likeness (QED) is 0.306. The molecule has 8 nitrogen and oxygen atoms in total. The molecule has 0 aliphatic heterocycles. The van der Waals surface area contributed by atoms with E-state index in [1.807, 2.05) is 24.3 Å². The number of imidazole rings is 1. The molecule has 0 unspecified atom stereocenters. The molecule has 0 radical (unpaired) electrons. The van der Waals surface area contributed by atoms with Gasteiger partial charge in [0.1, 0.15) is 11.3 Å². The Morgan fingerprint density at radius 1 is 1.00 bits per heavy atom. The van der Waals surface area contributed by atoms with Gasteiger partial charge >= 0.3 is 6.18 Å². The summed E-state index contributed by atoms with van der Waals surface area (Å²) in [5.74, 6) is 1.25. The molecular formula is C27H24F3N7O. The van der Waals surface area contributed by atoms with E-state index in [1.165, 1.54) is 17.9 Å². The lowest BCUT2D eigenvalue weighted by Crippen LogP contribution is -2.13. The van der Waals surface area contributed by atoms with Gasteiger partial charge in [-0.15, -0.1) is 0 Å². The predicted molar refractivity (Wildman–Crippen MR) is 138 cm³/mol. The van der Waals surface area contributed by atoms with Gasteiger partial charge in [-0.25, -0.2) is 19.9 Å². The molecule has 194 valence electrons. The zero-order valence-corrected chi connectivity index (χ0v) is 20.8.